The van der Waals surface area contributed by atoms with E-state index in [0.29, 0.717) is 28.4 Å². The molecule has 3 N–H and O–H groups in total. The van der Waals surface area contributed by atoms with Crippen LogP contribution in [0.4, 0.5) is 0 Å². The fourth-order valence-electron chi connectivity index (χ4n) is 2.88. The van der Waals surface area contributed by atoms with Gasteiger partial charge in [-0.25, -0.2) is 0 Å². The number of rotatable bonds is 1. The summed E-state index contributed by atoms with van der Waals surface area (Å²) in [5.74, 6) is 1.14. The zero-order valence-electron chi connectivity index (χ0n) is 11.5. The predicted molar refractivity (Wildman–Crippen MR) is 75.5 cm³/mol. The Morgan fingerprint density at radius 3 is 2.45 bits per heavy atom. The van der Waals surface area contributed by atoms with E-state index >= 15 is 0 Å². The molecule has 2 atom stereocenters. The molecular formula is C16H14O6. The Hall–Kier alpha value is -2.60. The number of aliphatic hydroxyl groups excluding tert-OH is 1. The topological polar surface area (TPSA) is 88.4 Å². The van der Waals surface area contributed by atoms with Gasteiger partial charge < -0.3 is 29.5 Å². The third-order valence-electron chi connectivity index (χ3n) is 4.04. The highest BCUT2D eigenvalue weighted by molar-refractivity contribution is 5.54. The van der Waals surface area contributed by atoms with Gasteiger partial charge in [0.1, 0.15) is 17.2 Å². The normalized spacial score (nSPS) is 22.0. The molecule has 2 aliphatic heterocycles. The van der Waals surface area contributed by atoms with Gasteiger partial charge in [-0.1, -0.05) is 0 Å². The number of fused-ring (bicyclic) bond motifs is 2. The molecule has 2 aromatic carbocycles. The summed E-state index contributed by atoms with van der Waals surface area (Å²) < 4.78 is 16.1. The van der Waals surface area contributed by atoms with Crippen molar-refractivity contribution in [3.63, 3.8) is 0 Å². The number of phenolic OH excluding ortho intramolecular Hbond substituents is 2. The zero-order chi connectivity index (χ0) is 15.3. The van der Waals surface area contributed by atoms with Crippen molar-refractivity contribution >= 4 is 0 Å². The minimum absolute atomic E-state index is 0.0270. The molecule has 2 aromatic rings. The molecular weight excluding hydrogens is 288 g/mol. The molecule has 0 radical (unpaired) electrons. The van der Waals surface area contributed by atoms with Gasteiger partial charge in [-0.15, -0.1) is 0 Å². The van der Waals surface area contributed by atoms with Crippen LogP contribution in [0.1, 0.15) is 23.1 Å². The molecule has 22 heavy (non-hydrogen) atoms. The minimum Gasteiger partial charge on any atom is -0.508 e. The maximum absolute atomic E-state index is 10.6. The van der Waals surface area contributed by atoms with Crippen molar-refractivity contribution < 1.29 is 29.5 Å². The summed E-state index contributed by atoms with van der Waals surface area (Å²) in [5, 5.41) is 30.3. The molecule has 0 saturated heterocycles. The van der Waals surface area contributed by atoms with Gasteiger partial charge in [-0.3, -0.25) is 0 Å². The molecule has 0 amide bonds. The van der Waals surface area contributed by atoms with E-state index in [2.05, 4.69) is 0 Å². The van der Waals surface area contributed by atoms with Crippen LogP contribution in [-0.2, 0) is 0 Å². The fraction of sp³-hybridized carbons (Fsp3) is 0.250. The monoisotopic (exact) mass is 302 g/mol. The van der Waals surface area contributed by atoms with E-state index in [1.807, 2.05) is 0 Å². The summed E-state index contributed by atoms with van der Waals surface area (Å²) in [6.45, 7) is 0.300. The molecule has 2 heterocycles. The van der Waals surface area contributed by atoms with E-state index in [0.717, 1.165) is 0 Å². The predicted octanol–water partition coefficient (Wildman–Crippen LogP) is 2.04. The maximum Gasteiger partial charge on any atom is 0.231 e. The van der Waals surface area contributed by atoms with Crippen LogP contribution in [0.15, 0.2) is 30.3 Å². The van der Waals surface area contributed by atoms with Crippen molar-refractivity contribution in [3.05, 3.63) is 41.5 Å². The van der Waals surface area contributed by atoms with Gasteiger partial charge in [0.25, 0.3) is 0 Å². The van der Waals surface area contributed by atoms with Crippen molar-refractivity contribution in [1.82, 2.24) is 0 Å². The lowest BCUT2D eigenvalue weighted by molar-refractivity contribution is 0.0875. The van der Waals surface area contributed by atoms with Crippen LogP contribution >= 0.6 is 0 Å². The Kier molecular flexibility index (Phi) is 2.80. The second-order valence-corrected chi connectivity index (χ2v) is 5.35. The molecule has 0 saturated carbocycles. The molecule has 114 valence electrons. The van der Waals surface area contributed by atoms with Crippen LogP contribution in [-0.4, -0.2) is 28.7 Å². The van der Waals surface area contributed by atoms with E-state index in [4.69, 9.17) is 14.2 Å². The SMILES string of the molecule is Oc1ccc2c(c1)OCC(c1cc3c(cc1O)OCO3)C2O. The third kappa shape index (κ3) is 1.92. The first-order valence-electron chi connectivity index (χ1n) is 6.90. The number of benzene rings is 2. The molecule has 2 aliphatic rings. The van der Waals surface area contributed by atoms with Crippen LogP contribution in [0.2, 0.25) is 0 Å². The summed E-state index contributed by atoms with van der Waals surface area (Å²) in [5.41, 5.74) is 1.11. The lowest BCUT2D eigenvalue weighted by Crippen LogP contribution is -2.24. The Labute approximate surface area is 126 Å². The average molecular weight is 302 g/mol. The van der Waals surface area contributed by atoms with E-state index in [-0.39, 0.29) is 24.9 Å². The van der Waals surface area contributed by atoms with Crippen LogP contribution in [0, 0.1) is 0 Å². The molecule has 6 heteroatoms. The van der Waals surface area contributed by atoms with E-state index in [9.17, 15) is 15.3 Å². The standard InChI is InChI=1S/C16H14O6/c17-8-1-2-9-13(3-8)20-6-11(16(9)19)10-4-14-15(5-12(10)18)22-7-21-14/h1-5,11,16-19H,6-7H2. The molecule has 0 aliphatic carbocycles. The minimum atomic E-state index is -0.851. The van der Waals surface area contributed by atoms with Crippen LogP contribution < -0.4 is 14.2 Å². The van der Waals surface area contributed by atoms with Crippen LogP contribution in [0.3, 0.4) is 0 Å². The molecule has 0 bridgehead atoms. The Morgan fingerprint density at radius 2 is 1.64 bits per heavy atom. The first-order chi connectivity index (χ1) is 10.6. The lowest BCUT2D eigenvalue weighted by Gasteiger charge is -2.31. The molecule has 0 fully saturated rings. The van der Waals surface area contributed by atoms with Gasteiger partial charge in [0.2, 0.25) is 6.79 Å². The smallest absolute Gasteiger partial charge is 0.231 e. The Morgan fingerprint density at radius 1 is 0.864 bits per heavy atom. The lowest BCUT2D eigenvalue weighted by atomic mass is 9.86. The molecule has 2 unspecified atom stereocenters. The molecule has 0 spiro atoms. The highest BCUT2D eigenvalue weighted by Crippen LogP contribution is 2.47. The number of ether oxygens (including phenoxy) is 3. The second kappa shape index (κ2) is 4.71. The average Bonchev–Trinajstić information content (AvgIpc) is 2.94. The van der Waals surface area contributed by atoms with Crippen molar-refractivity contribution in [3.8, 4) is 28.7 Å². The summed E-state index contributed by atoms with van der Waals surface area (Å²) in [6.07, 6.45) is -0.851. The number of aromatic hydroxyl groups is 2. The van der Waals surface area contributed by atoms with Crippen LogP contribution in [0.5, 0.6) is 28.7 Å². The van der Waals surface area contributed by atoms with Gasteiger partial charge in [0.05, 0.1) is 18.6 Å². The Balaban J connectivity index is 1.74. The first kappa shape index (κ1) is 13.1. The maximum atomic E-state index is 10.6. The second-order valence-electron chi connectivity index (χ2n) is 5.35. The summed E-state index contributed by atoms with van der Waals surface area (Å²) in [6, 6.07) is 7.73. The number of hydrogen-bond donors (Lipinski definition) is 3. The van der Waals surface area contributed by atoms with E-state index < -0.39 is 12.0 Å². The molecule has 6 nitrogen and oxygen atoms in total. The summed E-state index contributed by atoms with van der Waals surface area (Å²) >= 11 is 0. The first-order valence-corrected chi connectivity index (χ1v) is 6.90. The van der Waals surface area contributed by atoms with Gasteiger partial charge in [-0.05, 0) is 18.2 Å². The van der Waals surface area contributed by atoms with Gasteiger partial charge in [0, 0.05) is 23.3 Å². The largest absolute Gasteiger partial charge is 0.508 e. The zero-order valence-corrected chi connectivity index (χ0v) is 11.5. The summed E-state index contributed by atoms with van der Waals surface area (Å²) in [4.78, 5) is 0. The highest BCUT2D eigenvalue weighted by Gasteiger charge is 2.33. The number of phenols is 2. The van der Waals surface area contributed by atoms with E-state index in [1.54, 1.807) is 12.1 Å². The molecule has 4 rings (SSSR count). The van der Waals surface area contributed by atoms with Gasteiger partial charge >= 0.3 is 0 Å². The van der Waals surface area contributed by atoms with Crippen molar-refractivity contribution in [1.29, 1.82) is 0 Å². The van der Waals surface area contributed by atoms with Crippen molar-refractivity contribution in [2.75, 3.05) is 13.4 Å². The van der Waals surface area contributed by atoms with Gasteiger partial charge in [0.15, 0.2) is 11.5 Å². The van der Waals surface area contributed by atoms with Crippen molar-refractivity contribution in [2.24, 2.45) is 0 Å². The van der Waals surface area contributed by atoms with Crippen LogP contribution in [0.25, 0.3) is 0 Å². The van der Waals surface area contributed by atoms with Gasteiger partial charge in [-0.2, -0.15) is 0 Å². The quantitative estimate of drug-likeness (QED) is 0.747. The number of aliphatic hydroxyl groups is 1. The van der Waals surface area contributed by atoms with E-state index in [1.165, 1.54) is 18.2 Å². The number of hydrogen-bond acceptors (Lipinski definition) is 6. The Bertz CT molecular complexity index is 742. The highest BCUT2D eigenvalue weighted by atomic mass is 16.7. The fourth-order valence-corrected chi connectivity index (χ4v) is 2.88. The van der Waals surface area contributed by atoms with Crippen molar-refractivity contribution in [2.45, 2.75) is 12.0 Å². The molecule has 0 aromatic heterocycles. The summed E-state index contributed by atoms with van der Waals surface area (Å²) in [7, 11) is 0. The third-order valence-corrected chi connectivity index (χ3v) is 4.04.